The summed E-state index contributed by atoms with van der Waals surface area (Å²) in [6.07, 6.45) is 0. The Morgan fingerprint density at radius 1 is 1.25 bits per heavy atom. The summed E-state index contributed by atoms with van der Waals surface area (Å²) in [5, 5.41) is 3.93. The summed E-state index contributed by atoms with van der Waals surface area (Å²) in [5.41, 5.74) is 1.79. The maximum absolute atomic E-state index is 12.0. The lowest BCUT2D eigenvalue weighted by Gasteiger charge is -2.19. The number of likely N-dealkylation sites (N-methyl/N-ethyl adjacent to an activating group) is 1. The zero-order valence-corrected chi connectivity index (χ0v) is 13.4. The number of benzene rings is 1. The molecule has 108 valence electrons. The third-order valence-corrected chi connectivity index (χ3v) is 4.09. The van der Waals surface area contributed by atoms with Crippen LogP contribution in [0.25, 0.3) is 11.0 Å². The van der Waals surface area contributed by atoms with Crippen LogP contribution in [-0.2, 0) is 4.79 Å². The SMILES string of the molecule is CCN(CC)C(=O)CNc1c(Cl)cc(Cl)c2nsnc12. The highest BCUT2D eigenvalue weighted by Crippen LogP contribution is 2.34. The van der Waals surface area contributed by atoms with Crippen LogP contribution < -0.4 is 5.32 Å². The van der Waals surface area contributed by atoms with Crippen molar-refractivity contribution in [2.24, 2.45) is 0 Å². The predicted molar refractivity (Wildman–Crippen MR) is 83.9 cm³/mol. The van der Waals surface area contributed by atoms with Crippen molar-refractivity contribution >= 4 is 57.6 Å². The molecule has 0 spiro atoms. The lowest BCUT2D eigenvalue weighted by Crippen LogP contribution is -2.35. The van der Waals surface area contributed by atoms with Gasteiger partial charge in [-0.3, -0.25) is 4.79 Å². The third-order valence-electron chi connectivity index (χ3n) is 2.98. The molecule has 20 heavy (non-hydrogen) atoms. The number of hydrogen-bond donors (Lipinski definition) is 1. The molecule has 2 rings (SSSR count). The smallest absolute Gasteiger partial charge is 0.241 e. The van der Waals surface area contributed by atoms with Crippen LogP contribution in [0.4, 0.5) is 5.69 Å². The van der Waals surface area contributed by atoms with Crippen molar-refractivity contribution in [3.8, 4) is 0 Å². The zero-order valence-electron chi connectivity index (χ0n) is 11.1. The fraction of sp³-hybridized carbons (Fsp3) is 0.417. The molecule has 0 atom stereocenters. The molecule has 1 N–H and O–H groups in total. The molecule has 2 aromatic rings. The second-order valence-corrected chi connectivity index (χ2v) is 5.44. The van der Waals surface area contributed by atoms with Gasteiger partial charge in [0.05, 0.1) is 34.0 Å². The van der Waals surface area contributed by atoms with Crippen LogP contribution in [0, 0.1) is 0 Å². The van der Waals surface area contributed by atoms with E-state index in [-0.39, 0.29) is 12.5 Å². The molecule has 0 saturated heterocycles. The quantitative estimate of drug-likeness (QED) is 0.912. The Balaban J connectivity index is 2.22. The van der Waals surface area contributed by atoms with E-state index in [2.05, 4.69) is 14.1 Å². The number of fused-ring (bicyclic) bond motifs is 1. The van der Waals surface area contributed by atoms with Crippen LogP contribution in [0.1, 0.15) is 13.8 Å². The van der Waals surface area contributed by atoms with E-state index in [0.717, 1.165) is 11.7 Å². The van der Waals surface area contributed by atoms with Crippen molar-refractivity contribution in [3.05, 3.63) is 16.1 Å². The minimum absolute atomic E-state index is 0.0114. The Kier molecular flexibility index (Phi) is 5.01. The molecule has 0 aliphatic rings. The van der Waals surface area contributed by atoms with E-state index in [0.29, 0.717) is 39.9 Å². The molecule has 0 unspecified atom stereocenters. The highest BCUT2D eigenvalue weighted by Gasteiger charge is 2.16. The Morgan fingerprint density at radius 2 is 1.90 bits per heavy atom. The molecular formula is C12H14Cl2N4OS. The van der Waals surface area contributed by atoms with Gasteiger partial charge < -0.3 is 10.2 Å². The molecule has 0 aliphatic carbocycles. The molecule has 0 bridgehead atoms. The number of rotatable bonds is 5. The van der Waals surface area contributed by atoms with Crippen molar-refractivity contribution in [1.29, 1.82) is 0 Å². The van der Waals surface area contributed by atoms with Crippen LogP contribution in [0.5, 0.6) is 0 Å². The predicted octanol–water partition coefficient (Wildman–Crippen LogP) is 3.28. The lowest BCUT2D eigenvalue weighted by atomic mass is 10.2. The van der Waals surface area contributed by atoms with Crippen molar-refractivity contribution in [3.63, 3.8) is 0 Å². The molecule has 0 saturated carbocycles. The second-order valence-electron chi connectivity index (χ2n) is 4.10. The minimum Gasteiger partial charge on any atom is -0.373 e. The monoisotopic (exact) mass is 332 g/mol. The van der Waals surface area contributed by atoms with Gasteiger partial charge in [-0.05, 0) is 19.9 Å². The number of nitrogens with one attached hydrogen (secondary N) is 1. The first kappa shape index (κ1) is 15.3. The maximum Gasteiger partial charge on any atom is 0.241 e. The minimum atomic E-state index is 0.0114. The van der Waals surface area contributed by atoms with Gasteiger partial charge in [0.25, 0.3) is 0 Å². The molecule has 0 radical (unpaired) electrons. The van der Waals surface area contributed by atoms with Gasteiger partial charge in [0.15, 0.2) is 0 Å². The van der Waals surface area contributed by atoms with Crippen LogP contribution in [0.3, 0.4) is 0 Å². The van der Waals surface area contributed by atoms with E-state index in [1.165, 1.54) is 0 Å². The number of anilines is 1. The number of aromatic nitrogens is 2. The molecule has 1 heterocycles. The zero-order chi connectivity index (χ0) is 14.7. The third kappa shape index (κ3) is 2.97. The highest BCUT2D eigenvalue weighted by molar-refractivity contribution is 7.00. The number of hydrogen-bond acceptors (Lipinski definition) is 5. The maximum atomic E-state index is 12.0. The van der Waals surface area contributed by atoms with Crippen LogP contribution in [0.2, 0.25) is 10.0 Å². The molecule has 1 aromatic carbocycles. The van der Waals surface area contributed by atoms with Crippen LogP contribution in [-0.4, -0.2) is 39.2 Å². The first-order chi connectivity index (χ1) is 9.58. The summed E-state index contributed by atoms with van der Waals surface area (Å²) in [4.78, 5) is 13.7. The van der Waals surface area contributed by atoms with Crippen molar-refractivity contribution in [1.82, 2.24) is 13.6 Å². The van der Waals surface area contributed by atoms with Crippen molar-refractivity contribution in [2.75, 3.05) is 25.0 Å². The highest BCUT2D eigenvalue weighted by atomic mass is 35.5. The molecule has 1 aromatic heterocycles. The fourth-order valence-corrected chi connectivity index (χ4v) is 3.07. The van der Waals surface area contributed by atoms with E-state index in [1.54, 1.807) is 11.0 Å². The standard InChI is InChI=1S/C12H14Cl2N4OS/c1-3-18(4-2)9(19)6-15-10-7(13)5-8(14)11-12(10)17-20-16-11/h5,15H,3-4,6H2,1-2H3. The van der Waals surface area contributed by atoms with Crippen LogP contribution >= 0.6 is 34.9 Å². The number of carbonyl (C=O) groups excluding carboxylic acids is 1. The Labute approximate surface area is 131 Å². The Morgan fingerprint density at radius 3 is 2.55 bits per heavy atom. The summed E-state index contributed by atoms with van der Waals surface area (Å²) < 4.78 is 8.30. The summed E-state index contributed by atoms with van der Waals surface area (Å²) >= 11 is 13.3. The largest absolute Gasteiger partial charge is 0.373 e. The van der Waals surface area contributed by atoms with E-state index in [9.17, 15) is 4.79 Å². The van der Waals surface area contributed by atoms with Gasteiger partial charge in [-0.25, -0.2) is 0 Å². The first-order valence-electron chi connectivity index (χ1n) is 6.20. The Bertz CT molecular complexity index is 627. The van der Waals surface area contributed by atoms with Gasteiger partial charge in [0, 0.05) is 13.1 Å². The van der Waals surface area contributed by atoms with Crippen LogP contribution in [0.15, 0.2) is 6.07 Å². The van der Waals surface area contributed by atoms with E-state index >= 15 is 0 Å². The molecule has 0 aliphatic heterocycles. The molecule has 5 nitrogen and oxygen atoms in total. The number of amides is 1. The van der Waals surface area contributed by atoms with Gasteiger partial charge >= 0.3 is 0 Å². The molecule has 1 amide bonds. The topological polar surface area (TPSA) is 58.1 Å². The van der Waals surface area contributed by atoms with Crippen molar-refractivity contribution < 1.29 is 4.79 Å². The van der Waals surface area contributed by atoms with E-state index in [1.807, 2.05) is 13.8 Å². The lowest BCUT2D eigenvalue weighted by molar-refractivity contribution is -0.128. The average molecular weight is 333 g/mol. The summed E-state index contributed by atoms with van der Waals surface area (Å²) in [5.74, 6) is 0.0114. The molecular weight excluding hydrogens is 319 g/mol. The number of nitrogens with zero attached hydrogens (tertiary/aromatic N) is 3. The van der Waals surface area contributed by atoms with E-state index < -0.39 is 0 Å². The van der Waals surface area contributed by atoms with Crippen molar-refractivity contribution in [2.45, 2.75) is 13.8 Å². The number of halogens is 2. The van der Waals surface area contributed by atoms with Gasteiger partial charge in [-0.15, -0.1) is 0 Å². The second kappa shape index (κ2) is 6.56. The summed E-state index contributed by atoms with van der Waals surface area (Å²) in [6, 6.07) is 1.61. The average Bonchev–Trinajstić information content (AvgIpc) is 2.89. The van der Waals surface area contributed by atoms with Gasteiger partial charge in [-0.1, -0.05) is 23.2 Å². The van der Waals surface area contributed by atoms with Gasteiger partial charge in [0.2, 0.25) is 5.91 Å². The van der Waals surface area contributed by atoms with Gasteiger partial charge in [0.1, 0.15) is 11.0 Å². The van der Waals surface area contributed by atoms with E-state index in [4.69, 9.17) is 23.2 Å². The van der Waals surface area contributed by atoms with Gasteiger partial charge in [-0.2, -0.15) is 8.75 Å². The Hall–Kier alpha value is -1.11. The fourth-order valence-electron chi connectivity index (χ4n) is 1.89. The molecule has 8 heteroatoms. The first-order valence-corrected chi connectivity index (χ1v) is 7.69. The molecule has 0 fully saturated rings. The summed E-state index contributed by atoms with van der Waals surface area (Å²) in [7, 11) is 0. The summed E-state index contributed by atoms with van der Waals surface area (Å²) in [6.45, 7) is 5.41. The normalized spacial score (nSPS) is 10.8. The number of carbonyl (C=O) groups is 1.